The van der Waals surface area contributed by atoms with Crippen molar-refractivity contribution in [2.45, 2.75) is 325 Å². The second kappa shape index (κ2) is 23.3. The summed E-state index contributed by atoms with van der Waals surface area (Å²) < 4.78 is 19.8. The molecule has 0 N–H and O–H groups in total. The molecule has 0 aromatic carbocycles. The number of hydrogen-bond acceptors (Lipinski definition) is 10. The molecule has 10 heteroatoms. The molecule has 0 aromatic rings. The summed E-state index contributed by atoms with van der Waals surface area (Å²) in [6.07, 6.45) is 56.6. The summed E-state index contributed by atoms with van der Waals surface area (Å²) in [6, 6.07) is 0. The van der Waals surface area contributed by atoms with Crippen molar-refractivity contribution in [3.63, 3.8) is 0 Å². The van der Waals surface area contributed by atoms with E-state index < -0.39 is 5.79 Å². The molecule has 10 aliphatic rings. The van der Waals surface area contributed by atoms with E-state index in [1.54, 1.807) is 0 Å². The summed E-state index contributed by atoms with van der Waals surface area (Å²) in [4.78, 5) is -0.102. The molecule has 10 aliphatic carbocycles. The topological polar surface area (TPSA) is 21.7 Å². The van der Waals surface area contributed by atoms with Crippen molar-refractivity contribution < 1.29 is 9.47 Å². The van der Waals surface area contributed by atoms with E-state index in [9.17, 15) is 0 Å². The third kappa shape index (κ3) is 11.4. The second-order valence-electron chi connectivity index (χ2n) is 22.5. The van der Waals surface area contributed by atoms with E-state index in [-0.39, 0.29) is 13.0 Å². The summed E-state index contributed by atoms with van der Waals surface area (Å²) in [7, 11) is 0. The van der Waals surface area contributed by atoms with Crippen molar-refractivity contribution >= 4 is 82.7 Å². The summed E-state index contributed by atoms with van der Waals surface area (Å²) in [5, 5.41) is 5.10. The minimum atomic E-state index is -0.585. The van der Waals surface area contributed by atoms with Crippen LogP contribution < -0.4 is 0 Å². The predicted molar refractivity (Wildman–Crippen MR) is 287 cm³/mol. The molecular weight excluding hydrogens is 907 g/mol. The molecule has 0 saturated heterocycles. The number of nitrogens with zero attached hydrogens (tertiary/aromatic N) is 1. The molecule has 3 nitrogen and oxygen atoms in total. The van der Waals surface area contributed by atoms with Crippen LogP contribution in [0.1, 0.15) is 257 Å². The molecule has 63 heavy (non-hydrogen) atoms. The molecule has 10 fully saturated rings. The maximum Gasteiger partial charge on any atom is 0.197 e. The monoisotopic (exact) mass is 995 g/mol. The lowest BCUT2D eigenvalue weighted by atomic mass is 9.95. The van der Waals surface area contributed by atoms with Crippen molar-refractivity contribution in [2.24, 2.45) is 0 Å². The van der Waals surface area contributed by atoms with Gasteiger partial charge in [0.15, 0.2) is 5.79 Å². The Morgan fingerprint density at radius 2 is 0.587 bits per heavy atom. The fourth-order valence-electron chi connectivity index (χ4n) is 13.4. The molecule has 10 saturated carbocycles. The third-order valence-corrected chi connectivity index (χ3v) is 31.4. The van der Waals surface area contributed by atoms with Gasteiger partial charge in [-0.2, -0.15) is 3.71 Å². The van der Waals surface area contributed by atoms with Crippen LogP contribution in [0, 0.1) is 0 Å². The summed E-state index contributed by atoms with van der Waals surface area (Å²) in [5.41, 5.74) is 0. The Morgan fingerprint density at radius 1 is 0.286 bits per heavy atom. The van der Waals surface area contributed by atoms with Gasteiger partial charge in [-0.3, -0.25) is 0 Å². The first kappa shape index (κ1) is 48.9. The van der Waals surface area contributed by atoms with E-state index in [2.05, 4.69) is 86.4 Å². The van der Waals surface area contributed by atoms with Crippen molar-refractivity contribution in [1.82, 2.24) is 3.71 Å². The van der Waals surface area contributed by atoms with Crippen molar-refractivity contribution in [1.29, 1.82) is 0 Å². The van der Waals surface area contributed by atoms with Crippen molar-refractivity contribution in [3.8, 4) is 0 Å². The lowest BCUT2D eigenvalue weighted by molar-refractivity contribution is -0.274. The van der Waals surface area contributed by atoms with Gasteiger partial charge < -0.3 is 9.47 Å². The quantitative estimate of drug-likeness (QED) is 0.0918. The highest BCUT2D eigenvalue weighted by molar-refractivity contribution is 8.27. The van der Waals surface area contributed by atoms with E-state index >= 15 is 0 Å². The highest BCUT2D eigenvalue weighted by Crippen LogP contribution is 2.82. The molecule has 3 atom stereocenters. The van der Waals surface area contributed by atoms with E-state index in [1.807, 2.05) is 0 Å². The Balaban J connectivity index is 1.25. The highest BCUT2D eigenvalue weighted by Gasteiger charge is 2.85. The van der Waals surface area contributed by atoms with Crippen LogP contribution in [0.5, 0.6) is 0 Å². The Labute approximate surface area is 417 Å². The van der Waals surface area contributed by atoms with Gasteiger partial charge in [0, 0.05) is 43.2 Å². The standard InChI is InChI=1S/C53H89NO2S7/c1-7-24-43(25-8-1)57-50(54(62-48-34-15-5-16-35-48)63-49-36-17-6-18-37-49)40-51(56-42-38-39-42,55-41-22-21-23-41)53(61-47-32-19-20-33-47,60-46-30-13-4-14-31-46)52(50,58-44-26-9-2-10-27-44)59-45-28-11-3-12-29-45/h41-49H,1-40H2. The van der Waals surface area contributed by atoms with E-state index in [0.717, 1.165) is 32.7 Å². The number of ether oxygens (including phenoxy) is 2. The average molecular weight is 997 g/mol. The maximum absolute atomic E-state index is 8.41. The molecule has 10 rings (SSSR count). The van der Waals surface area contributed by atoms with Crippen LogP contribution in [0.4, 0.5) is 0 Å². The highest BCUT2D eigenvalue weighted by atomic mass is 32.2. The Hall–Kier alpha value is 2.33. The smallest absolute Gasteiger partial charge is 0.197 e. The Morgan fingerprint density at radius 3 is 0.921 bits per heavy atom. The van der Waals surface area contributed by atoms with Gasteiger partial charge in [0.1, 0.15) is 13.0 Å². The molecular formula is C53H89NO2S7. The maximum atomic E-state index is 8.41. The van der Waals surface area contributed by atoms with E-state index in [0.29, 0.717) is 22.7 Å². The molecule has 0 heterocycles. The van der Waals surface area contributed by atoms with Gasteiger partial charge in [0.05, 0.1) is 12.2 Å². The Kier molecular flexibility index (Phi) is 18.1. The largest absolute Gasteiger partial charge is 0.344 e. The fourth-order valence-corrected chi connectivity index (χ4v) is 30.0. The molecule has 0 aromatic heterocycles. The van der Waals surface area contributed by atoms with Gasteiger partial charge in [0.2, 0.25) is 0 Å². The molecule has 0 aliphatic heterocycles. The first-order chi connectivity index (χ1) is 31.1. The third-order valence-electron chi connectivity index (χ3n) is 17.3. The number of hydrogen-bond donors (Lipinski definition) is 0. The van der Waals surface area contributed by atoms with E-state index in [4.69, 9.17) is 9.47 Å². The lowest BCUT2D eigenvalue weighted by Crippen LogP contribution is -2.65. The molecule has 3 unspecified atom stereocenters. The zero-order valence-corrected chi connectivity index (χ0v) is 45.3. The van der Waals surface area contributed by atoms with Gasteiger partial charge in [-0.1, -0.05) is 152 Å². The van der Waals surface area contributed by atoms with Gasteiger partial charge in [-0.15, -0.1) is 58.8 Å². The number of thioether (sulfide) groups is 5. The fraction of sp³-hybridized carbons (Fsp3) is 1.00. The van der Waals surface area contributed by atoms with Gasteiger partial charge >= 0.3 is 0 Å². The zero-order chi connectivity index (χ0) is 42.4. The van der Waals surface area contributed by atoms with Gasteiger partial charge in [-0.25, -0.2) is 0 Å². The minimum absolute atomic E-state index is 0.0660. The molecule has 0 radical (unpaired) electrons. The summed E-state index contributed by atoms with van der Waals surface area (Å²) >= 11 is 18.0. The van der Waals surface area contributed by atoms with Gasteiger partial charge in [-0.05, 0) is 122 Å². The van der Waals surface area contributed by atoms with Crippen LogP contribution in [-0.4, -0.2) is 71.5 Å². The SMILES string of the molecule is C1CCC(SN(SC2CCCCC2)C2(SC3CCCCC3)CC(OC3CCC3)(OC3CC3)C(SC3CCCCC3)(SC3CCCC3)C2(SC2CCCCC2)SC2CCCCC2)CC1. The van der Waals surface area contributed by atoms with Crippen LogP contribution in [0.2, 0.25) is 0 Å². The average Bonchev–Trinajstić information content (AvgIpc) is 3.94. The zero-order valence-electron chi connectivity index (χ0n) is 39.6. The molecule has 0 spiro atoms. The van der Waals surface area contributed by atoms with Crippen LogP contribution in [0.25, 0.3) is 0 Å². The Bertz CT molecular complexity index is 1340. The first-order valence-electron chi connectivity index (χ1n) is 27.9. The molecule has 0 bridgehead atoms. The van der Waals surface area contributed by atoms with E-state index in [1.165, 1.54) is 250 Å². The summed E-state index contributed by atoms with van der Waals surface area (Å²) in [6.45, 7) is 0. The summed E-state index contributed by atoms with van der Waals surface area (Å²) in [5.74, 6) is -0.585. The number of rotatable bonds is 19. The second-order valence-corrected chi connectivity index (χ2v) is 33.3. The van der Waals surface area contributed by atoms with Crippen molar-refractivity contribution in [3.05, 3.63) is 0 Å². The molecule has 360 valence electrons. The van der Waals surface area contributed by atoms with Crippen LogP contribution >= 0.6 is 82.7 Å². The first-order valence-corrected chi connectivity index (χ1v) is 34.0. The van der Waals surface area contributed by atoms with Gasteiger partial charge in [0.25, 0.3) is 0 Å². The molecule has 0 amide bonds. The normalized spacial score (nSPS) is 35.8. The predicted octanol–water partition coefficient (Wildman–Crippen LogP) is 18.1. The minimum Gasteiger partial charge on any atom is -0.344 e. The van der Waals surface area contributed by atoms with Crippen LogP contribution in [0.3, 0.4) is 0 Å². The van der Waals surface area contributed by atoms with Crippen molar-refractivity contribution in [2.75, 3.05) is 0 Å². The van der Waals surface area contributed by atoms with Crippen LogP contribution in [-0.2, 0) is 9.47 Å². The lowest BCUT2D eigenvalue weighted by Gasteiger charge is -2.60. The van der Waals surface area contributed by atoms with Crippen LogP contribution in [0.15, 0.2) is 0 Å².